The number of benzene rings is 1. The smallest absolute Gasteiger partial charge is 0.477 e. The van der Waals surface area contributed by atoms with E-state index in [1.807, 2.05) is 0 Å². The Kier molecular flexibility index (Phi) is 2.81. The van der Waals surface area contributed by atoms with Crippen molar-refractivity contribution < 1.29 is 31.5 Å². The third-order valence-corrected chi connectivity index (χ3v) is 3.92. The number of H-pyrrole nitrogens is 1. The van der Waals surface area contributed by atoms with Gasteiger partial charge in [0.1, 0.15) is 5.69 Å². The summed E-state index contributed by atoms with van der Waals surface area (Å²) in [4.78, 5) is 12.2. The number of aromatic nitrogens is 1. The molecule has 1 aromatic carbocycles. The first kappa shape index (κ1) is 13.4. The molecule has 0 unspecified atom stereocenters. The highest BCUT2D eigenvalue weighted by Crippen LogP contribution is 2.31. The summed E-state index contributed by atoms with van der Waals surface area (Å²) in [5.41, 5.74) is -5.40. The molecule has 19 heavy (non-hydrogen) atoms. The summed E-state index contributed by atoms with van der Waals surface area (Å²) >= 11 is 0. The van der Waals surface area contributed by atoms with E-state index in [1.165, 1.54) is 0 Å². The standard InChI is InChI=1S/C10H6F3NO4S/c11-10(12,13)19(17,18)6-1-2-7-5(3-6)4-8(14-7)9(15)16/h1-4,14H,(H,15,16). The fourth-order valence-electron chi connectivity index (χ4n) is 1.53. The topological polar surface area (TPSA) is 87.2 Å². The minimum atomic E-state index is -5.44. The number of nitrogens with one attached hydrogen (secondary N) is 1. The Hall–Kier alpha value is -2.03. The van der Waals surface area contributed by atoms with Gasteiger partial charge in [0, 0.05) is 10.9 Å². The van der Waals surface area contributed by atoms with Gasteiger partial charge < -0.3 is 10.1 Å². The molecular formula is C10H6F3NO4S. The van der Waals surface area contributed by atoms with Crippen LogP contribution >= 0.6 is 0 Å². The Balaban J connectivity index is 2.63. The van der Waals surface area contributed by atoms with Crippen molar-refractivity contribution >= 4 is 26.7 Å². The van der Waals surface area contributed by atoms with Gasteiger partial charge in [-0.2, -0.15) is 13.2 Å². The van der Waals surface area contributed by atoms with Crippen LogP contribution in [0.3, 0.4) is 0 Å². The molecule has 0 aliphatic rings. The number of alkyl halides is 3. The van der Waals surface area contributed by atoms with Gasteiger partial charge in [0.05, 0.1) is 4.90 Å². The average molecular weight is 293 g/mol. The molecule has 2 N–H and O–H groups in total. The molecule has 1 aromatic heterocycles. The lowest BCUT2D eigenvalue weighted by atomic mass is 10.2. The predicted octanol–water partition coefficient (Wildman–Crippen LogP) is 2.16. The zero-order valence-electron chi connectivity index (χ0n) is 9.02. The van der Waals surface area contributed by atoms with E-state index in [9.17, 15) is 26.4 Å². The zero-order valence-corrected chi connectivity index (χ0v) is 9.84. The summed E-state index contributed by atoms with van der Waals surface area (Å²) in [5, 5.41) is 8.79. The molecule has 2 aromatic rings. The molecule has 0 bridgehead atoms. The van der Waals surface area contributed by atoms with Crippen LogP contribution in [0.1, 0.15) is 10.5 Å². The number of sulfone groups is 1. The van der Waals surface area contributed by atoms with Crippen LogP contribution in [0.4, 0.5) is 13.2 Å². The van der Waals surface area contributed by atoms with Crippen LogP contribution in [0.15, 0.2) is 29.2 Å². The van der Waals surface area contributed by atoms with Crippen LogP contribution in [0, 0.1) is 0 Å². The van der Waals surface area contributed by atoms with Crippen LogP contribution in [-0.2, 0) is 9.84 Å². The van der Waals surface area contributed by atoms with Gasteiger partial charge in [0.2, 0.25) is 0 Å². The van der Waals surface area contributed by atoms with Crippen molar-refractivity contribution in [3.8, 4) is 0 Å². The van der Waals surface area contributed by atoms with E-state index in [2.05, 4.69) is 4.98 Å². The maximum absolute atomic E-state index is 12.4. The third kappa shape index (κ3) is 2.16. The normalized spacial score (nSPS) is 12.8. The van der Waals surface area contributed by atoms with Crippen molar-refractivity contribution in [2.24, 2.45) is 0 Å². The molecule has 0 fully saturated rings. The second-order valence-electron chi connectivity index (χ2n) is 3.69. The van der Waals surface area contributed by atoms with Crippen LogP contribution in [-0.4, -0.2) is 30.0 Å². The quantitative estimate of drug-likeness (QED) is 0.888. The van der Waals surface area contributed by atoms with Crippen molar-refractivity contribution in [3.05, 3.63) is 30.0 Å². The lowest BCUT2D eigenvalue weighted by Gasteiger charge is -2.07. The number of carbonyl (C=O) groups is 1. The number of aromatic amines is 1. The van der Waals surface area contributed by atoms with E-state index in [4.69, 9.17) is 5.11 Å². The second-order valence-corrected chi connectivity index (χ2v) is 5.63. The highest BCUT2D eigenvalue weighted by molar-refractivity contribution is 7.92. The highest BCUT2D eigenvalue weighted by Gasteiger charge is 2.46. The molecule has 0 radical (unpaired) electrons. The van der Waals surface area contributed by atoms with Crippen LogP contribution in [0.25, 0.3) is 10.9 Å². The van der Waals surface area contributed by atoms with Crippen molar-refractivity contribution in [2.75, 3.05) is 0 Å². The minimum Gasteiger partial charge on any atom is -0.477 e. The number of hydrogen-bond donors (Lipinski definition) is 2. The molecule has 9 heteroatoms. The Labute approximate surface area is 104 Å². The highest BCUT2D eigenvalue weighted by atomic mass is 32.2. The number of carboxylic acid groups (broad SMARTS) is 1. The van der Waals surface area contributed by atoms with Gasteiger partial charge in [-0.05, 0) is 24.3 Å². The minimum absolute atomic E-state index is 0.0720. The SMILES string of the molecule is O=C(O)c1cc2cc(S(=O)(=O)C(F)(F)F)ccc2[nH]1. The molecule has 0 spiro atoms. The third-order valence-electron chi connectivity index (χ3n) is 2.44. The monoisotopic (exact) mass is 293 g/mol. The average Bonchev–Trinajstić information content (AvgIpc) is 2.69. The Bertz CT molecular complexity index is 761. The molecule has 1 heterocycles. The van der Waals surface area contributed by atoms with Crippen molar-refractivity contribution in [1.82, 2.24) is 4.98 Å². The molecule has 102 valence electrons. The number of rotatable bonds is 2. The largest absolute Gasteiger partial charge is 0.501 e. The van der Waals surface area contributed by atoms with E-state index in [-0.39, 0.29) is 16.6 Å². The Morgan fingerprint density at radius 2 is 1.84 bits per heavy atom. The van der Waals surface area contributed by atoms with Gasteiger partial charge in [-0.25, -0.2) is 13.2 Å². The first-order valence-corrected chi connectivity index (χ1v) is 6.28. The second kappa shape index (κ2) is 3.98. The van der Waals surface area contributed by atoms with Crippen LogP contribution < -0.4 is 0 Å². The molecule has 0 aliphatic heterocycles. The Morgan fingerprint density at radius 1 is 1.21 bits per heavy atom. The molecule has 2 rings (SSSR count). The van der Waals surface area contributed by atoms with E-state index in [1.54, 1.807) is 0 Å². The van der Waals surface area contributed by atoms with E-state index >= 15 is 0 Å². The number of halogens is 3. The summed E-state index contributed by atoms with van der Waals surface area (Å²) in [6.07, 6.45) is 0. The predicted molar refractivity (Wildman–Crippen MR) is 58.5 cm³/mol. The molecule has 0 atom stereocenters. The summed E-state index contributed by atoms with van der Waals surface area (Å²) in [6.45, 7) is 0. The summed E-state index contributed by atoms with van der Waals surface area (Å²) in [5.74, 6) is -1.29. The van der Waals surface area contributed by atoms with E-state index < -0.39 is 26.2 Å². The van der Waals surface area contributed by atoms with Gasteiger partial charge in [0.25, 0.3) is 9.84 Å². The number of fused-ring (bicyclic) bond motifs is 1. The fraction of sp³-hybridized carbons (Fsp3) is 0.100. The summed E-state index contributed by atoms with van der Waals surface area (Å²) < 4.78 is 59.5. The van der Waals surface area contributed by atoms with Crippen molar-refractivity contribution in [1.29, 1.82) is 0 Å². The number of carboxylic acids is 1. The molecule has 5 nitrogen and oxygen atoms in total. The maximum atomic E-state index is 12.4. The molecule has 0 saturated carbocycles. The van der Waals surface area contributed by atoms with Crippen LogP contribution in [0.2, 0.25) is 0 Å². The first-order chi connectivity index (χ1) is 8.63. The molecule has 0 amide bonds. The number of hydrogen-bond acceptors (Lipinski definition) is 3. The van der Waals surface area contributed by atoms with Gasteiger partial charge >= 0.3 is 11.5 Å². The lowest BCUT2D eigenvalue weighted by molar-refractivity contribution is -0.0436. The maximum Gasteiger partial charge on any atom is 0.501 e. The molecule has 0 saturated heterocycles. The van der Waals surface area contributed by atoms with Crippen molar-refractivity contribution in [3.63, 3.8) is 0 Å². The van der Waals surface area contributed by atoms with Gasteiger partial charge in [-0.1, -0.05) is 0 Å². The van der Waals surface area contributed by atoms with Crippen LogP contribution in [0.5, 0.6) is 0 Å². The first-order valence-electron chi connectivity index (χ1n) is 4.80. The van der Waals surface area contributed by atoms with E-state index in [0.29, 0.717) is 0 Å². The zero-order chi connectivity index (χ0) is 14.4. The summed E-state index contributed by atoms with van der Waals surface area (Å²) in [6, 6.07) is 3.70. The molecule has 0 aliphatic carbocycles. The van der Waals surface area contributed by atoms with Gasteiger partial charge in [-0.15, -0.1) is 0 Å². The lowest BCUT2D eigenvalue weighted by Crippen LogP contribution is -2.23. The Morgan fingerprint density at radius 3 is 2.37 bits per heavy atom. The van der Waals surface area contributed by atoms with E-state index in [0.717, 1.165) is 24.3 Å². The fourth-order valence-corrected chi connectivity index (χ4v) is 2.32. The number of aromatic carboxylic acids is 1. The van der Waals surface area contributed by atoms with Crippen molar-refractivity contribution in [2.45, 2.75) is 10.4 Å². The summed E-state index contributed by atoms with van der Waals surface area (Å²) in [7, 11) is -5.44. The van der Waals surface area contributed by atoms with Gasteiger partial charge in [-0.3, -0.25) is 0 Å². The molecular weight excluding hydrogens is 287 g/mol. The van der Waals surface area contributed by atoms with Gasteiger partial charge in [0.15, 0.2) is 0 Å².